The molecule has 0 bridgehead atoms. The summed E-state index contributed by atoms with van der Waals surface area (Å²) in [6.45, 7) is 1.86. The zero-order chi connectivity index (χ0) is 14.0. The quantitative estimate of drug-likeness (QED) is 0.507. The molecule has 0 fully saturated rings. The highest BCUT2D eigenvalue weighted by Gasteiger charge is 2.20. The van der Waals surface area contributed by atoms with Crippen molar-refractivity contribution in [2.75, 3.05) is 0 Å². The summed E-state index contributed by atoms with van der Waals surface area (Å²) in [7, 11) is 0. The van der Waals surface area contributed by atoms with E-state index < -0.39 is 17.7 Å². The van der Waals surface area contributed by atoms with Crippen molar-refractivity contribution in [2.45, 2.75) is 19.4 Å². The van der Waals surface area contributed by atoms with Gasteiger partial charge in [0.15, 0.2) is 0 Å². The normalized spacial score (nSPS) is 12.7. The van der Waals surface area contributed by atoms with Gasteiger partial charge in [0.1, 0.15) is 11.6 Å². The molecule has 2 rings (SSSR count). The van der Waals surface area contributed by atoms with Crippen molar-refractivity contribution in [3.05, 3.63) is 49.9 Å². The highest BCUT2D eigenvalue weighted by atomic mass is 79.9. The van der Waals surface area contributed by atoms with Crippen LogP contribution in [0.15, 0.2) is 22.0 Å². The van der Waals surface area contributed by atoms with Crippen molar-refractivity contribution in [3.63, 3.8) is 0 Å². The lowest BCUT2D eigenvalue weighted by atomic mass is 10.0. The van der Waals surface area contributed by atoms with Crippen LogP contribution in [0.3, 0.4) is 0 Å². The van der Waals surface area contributed by atoms with Gasteiger partial charge in [-0.05, 0) is 35.0 Å². The number of hydrogen-bond donors (Lipinski definition) is 2. The van der Waals surface area contributed by atoms with Crippen LogP contribution < -0.4 is 11.3 Å². The Labute approximate surface area is 122 Å². The minimum absolute atomic E-state index is 0.0111. The van der Waals surface area contributed by atoms with Gasteiger partial charge in [-0.1, -0.05) is 0 Å². The van der Waals surface area contributed by atoms with Crippen molar-refractivity contribution < 1.29 is 8.78 Å². The van der Waals surface area contributed by atoms with E-state index in [2.05, 4.69) is 26.3 Å². The van der Waals surface area contributed by atoms with Gasteiger partial charge in [0.2, 0.25) is 0 Å². The van der Waals surface area contributed by atoms with Crippen LogP contribution in [0.1, 0.15) is 22.3 Å². The number of rotatable bonds is 4. The number of aryl methyl sites for hydroxylation is 1. The molecule has 1 aromatic heterocycles. The van der Waals surface area contributed by atoms with Gasteiger partial charge in [-0.3, -0.25) is 11.3 Å². The second-order valence-corrected chi connectivity index (χ2v) is 5.95. The van der Waals surface area contributed by atoms with E-state index in [1.165, 1.54) is 23.5 Å². The molecule has 7 heteroatoms. The first kappa shape index (κ1) is 14.5. The van der Waals surface area contributed by atoms with E-state index in [0.29, 0.717) is 5.69 Å². The monoisotopic (exact) mass is 347 g/mol. The van der Waals surface area contributed by atoms with Crippen LogP contribution in [-0.2, 0) is 6.42 Å². The number of hydrazine groups is 1. The van der Waals surface area contributed by atoms with E-state index in [4.69, 9.17) is 5.84 Å². The predicted molar refractivity (Wildman–Crippen MR) is 74.7 cm³/mol. The molecule has 102 valence electrons. The summed E-state index contributed by atoms with van der Waals surface area (Å²) < 4.78 is 27.8. The highest BCUT2D eigenvalue weighted by Crippen LogP contribution is 2.26. The summed E-state index contributed by atoms with van der Waals surface area (Å²) in [6, 6.07) is 2.14. The van der Waals surface area contributed by atoms with Crippen LogP contribution >= 0.6 is 27.3 Å². The van der Waals surface area contributed by atoms with Crippen LogP contribution in [0.25, 0.3) is 0 Å². The van der Waals surface area contributed by atoms with Gasteiger partial charge >= 0.3 is 0 Å². The molecular weight excluding hydrogens is 336 g/mol. The number of benzene rings is 1. The Balaban J connectivity index is 2.31. The number of halogens is 3. The summed E-state index contributed by atoms with van der Waals surface area (Å²) in [6.07, 6.45) is 0.0940. The van der Waals surface area contributed by atoms with Gasteiger partial charge in [0, 0.05) is 17.4 Å². The molecule has 1 unspecified atom stereocenters. The molecule has 0 aliphatic rings. The second kappa shape index (κ2) is 6.04. The molecule has 3 N–H and O–H groups in total. The topological polar surface area (TPSA) is 50.9 Å². The number of thiazole rings is 1. The van der Waals surface area contributed by atoms with Crippen LogP contribution in [0.2, 0.25) is 0 Å². The van der Waals surface area contributed by atoms with E-state index in [1.807, 2.05) is 12.3 Å². The Bertz CT molecular complexity index is 588. The summed E-state index contributed by atoms with van der Waals surface area (Å²) in [5.74, 6) is 4.26. The van der Waals surface area contributed by atoms with E-state index in [1.54, 1.807) is 0 Å². The molecule has 0 aliphatic heterocycles. The molecule has 1 atom stereocenters. The average Bonchev–Trinajstić information content (AvgIpc) is 2.81. The maximum atomic E-state index is 13.9. The van der Waals surface area contributed by atoms with Gasteiger partial charge in [0.05, 0.1) is 21.2 Å². The van der Waals surface area contributed by atoms with Gasteiger partial charge in [-0.25, -0.2) is 13.8 Å². The van der Waals surface area contributed by atoms with E-state index in [9.17, 15) is 8.78 Å². The lowest BCUT2D eigenvalue weighted by Gasteiger charge is -2.15. The maximum Gasteiger partial charge on any atom is 0.143 e. The smallest absolute Gasteiger partial charge is 0.143 e. The van der Waals surface area contributed by atoms with Crippen molar-refractivity contribution >= 4 is 27.3 Å². The van der Waals surface area contributed by atoms with Gasteiger partial charge in [0.25, 0.3) is 0 Å². The van der Waals surface area contributed by atoms with E-state index in [-0.39, 0.29) is 16.5 Å². The first-order valence-electron chi connectivity index (χ1n) is 5.53. The fourth-order valence-electron chi connectivity index (χ4n) is 1.75. The molecule has 2 aromatic rings. The Morgan fingerprint density at radius 2 is 2.21 bits per heavy atom. The zero-order valence-corrected chi connectivity index (χ0v) is 12.5. The molecule has 0 aliphatic carbocycles. The average molecular weight is 348 g/mol. The zero-order valence-electron chi connectivity index (χ0n) is 10.1. The summed E-state index contributed by atoms with van der Waals surface area (Å²) in [5.41, 5.74) is 3.22. The largest absolute Gasteiger partial charge is 0.271 e. The fraction of sp³-hybridized carbons (Fsp3) is 0.250. The van der Waals surface area contributed by atoms with Gasteiger partial charge < -0.3 is 0 Å². The summed E-state index contributed by atoms with van der Waals surface area (Å²) in [4.78, 5) is 4.28. The maximum absolute atomic E-state index is 13.9. The van der Waals surface area contributed by atoms with Crippen molar-refractivity contribution in [2.24, 2.45) is 5.84 Å². The molecule has 0 spiro atoms. The van der Waals surface area contributed by atoms with Crippen LogP contribution in [0.5, 0.6) is 0 Å². The number of nitrogens with two attached hydrogens (primary N) is 1. The van der Waals surface area contributed by atoms with E-state index >= 15 is 0 Å². The standard InChI is InChI=1S/C12H12BrF2N3S/c1-6-17-11(5-19-6)10(18-16)4-7-9(14)3-2-8(13)12(7)15/h2-3,5,10,18H,4,16H2,1H3. The third kappa shape index (κ3) is 3.17. The first-order chi connectivity index (χ1) is 9.02. The SMILES string of the molecule is Cc1nc(C(Cc2c(F)ccc(Br)c2F)NN)cs1. The Hall–Kier alpha value is -0.890. The minimum Gasteiger partial charge on any atom is -0.271 e. The van der Waals surface area contributed by atoms with Crippen molar-refractivity contribution in [1.82, 2.24) is 10.4 Å². The Morgan fingerprint density at radius 3 is 2.79 bits per heavy atom. The molecule has 0 amide bonds. The van der Waals surface area contributed by atoms with Crippen LogP contribution in [0, 0.1) is 18.6 Å². The highest BCUT2D eigenvalue weighted by molar-refractivity contribution is 9.10. The molecular formula is C12H12BrF2N3S. The first-order valence-corrected chi connectivity index (χ1v) is 7.20. The lowest BCUT2D eigenvalue weighted by Crippen LogP contribution is -2.30. The molecule has 0 saturated carbocycles. The van der Waals surface area contributed by atoms with Crippen LogP contribution in [-0.4, -0.2) is 4.98 Å². The van der Waals surface area contributed by atoms with Crippen molar-refractivity contribution in [3.8, 4) is 0 Å². The number of hydrogen-bond acceptors (Lipinski definition) is 4. The third-order valence-corrected chi connectivity index (χ3v) is 4.15. The van der Waals surface area contributed by atoms with Gasteiger partial charge in [-0.15, -0.1) is 11.3 Å². The van der Waals surface area contributed by atoms with Crippen molar-refractivity contribution in [1.29, 1.82) is 0 Å². The summed E-state index contributed by atoms with van der Waals surface area (Å²) >= 11 is 4.51. The van der Waals surface area contributed by atoms with Gasteiger partial charge in [-0.2, -0.15) is 0 Å². The predicted octanol–water partition coefficient (Wildman–Crippen LogP) is 3.24. The number of aromatic nitrogens is 1. The fourth-order valence-corrected chi connectivity index (χ4v) is 2.79. The number of nitrogens with zero attached hydrogens (tertiary/aromatic N) is 1. The molecule has 1 aromatic carbocycles. The Morgan fingerprint density at radius 1 is 1.47 bits per heavy atom. The molecule has 3 nitrogen and oxygen atoms in total. The molecule has 0 saturated heterocycles. The molecule has 0 radical (unpaired) electrons. The minimum atomic E-state index is -0.604. The third-order valence-electron chi connectivity index (χ3n) is 2.74. The molecule has 1 heterocycles. The Kier molecular flexibility index (Phi) is 4.62. The van der Waals surface area contributed by atoms with E-state index in [0.717, 1.165) is 5.01 Å². The number of nitrogens with one attached hydrogen (secondary N) is 1. The lowest BCUT2D eigenvalue weighted by molar-refractivity contribution is 0.492. The van der Waals surface area contributed by atoms with Crippen LogP contribution in [0.4, 0.5) is 8.78 Å². The molecule has 19 heavy (non-hydrogen) atoms. The summed E-state index contributed by atoms with van der Waals surface area (Å²) in [5, 5.41) is 2.71. The second-order valence-electron chi connectivity index (χ2n) is 4.04.